The SMILES string of the molecule is NCc1c(Cl)cc(Cl)cc1C1(c2ccccc2)CC1. The molecule has 1 saturated carbocycles. The van der Waals surface area contributed by atoms with Crippen LogP contribution in [0, 0.1) is 0 Å². The van der Waals surface area contributed by atoms with Gasteiger partial charge in [-0.15, -0.1) is 0 Å². The highest BCUT2D eigenvalue weighted by atomic mass is 35.5. The van der Waals surface area contributed by atoms with E-state index in [2.05, 4.69) is 24.3 Å². The number of hydrogen-bond acceptors (Lipinski definition) is 1. The fourth-order valence-corrected chi connectivity index (χ4v) is 3.40. The topological polar surface area (TPSA) is 26.0 Å². The molecule has 1 nitrogen and oxygen atoms in total. The molecule has 2 aromatic carbocycles. The highest BCUT2D eigenvalue weighted by molar-refractivity contribution is 6.35. The Kier molecular flexibility index (Phi) is 3.30. The molecule has 0 unspecified atom stereocenters. The minimum Gasteiger partial charge on any atom is -0.326 e. The van der Waals surface area contributed by atoms with Crippen LogP contribution in [0.4, 0.5) is 0 Å². The minimum atomic E-state index is 0.0600. The lowest BCUT2D eigenvalue weighted by Gasteiger charge is -2.21. The number of nitrogens with two attached hydrogens (primary N) is 1. The summed E-state index contributed by atoms with van der Waals surface area (Å²) in [5.74, 6) is 0. The number of rotatable bonds is 3. The summed E-state index contributed by atoms with van der Waals surface area (Å²) in [5, 5.41) is 1.35. The smallest absolute Gasteiger partial charge is 0.0468 e. The number of hydrogen-bond donors (Lipinski definition) is 1. The first-order valence-corrected chi connectivity index (χ1v) is 7.17. The summed E-state index contributed by atoms with van der Waals surface area (Å²) in [6.45, 7) is 0.444. The van der Waals surface area contributed by atoms with Crippen molar-refractivity contribution in [2.24, 2.45) is 5.73 Å². The van der Waals surface area contributed by atoms with E-state index < -0.39 is 0 Å². The summed E-state index contributed by atoms with van der Waals surface area (Å²) in [6, 6.07) is 14.3. The van der Waals surface area contributed by atoms with Crippen molar-refractivity contribution < 1.29 is 0 Å². The van der Waals surface area contributed by atoms with Crippen LogP contribution >= 0.6 is 23.2 Å². The summed E-state index contributed by atoms with van der Waals surface area (Å²) in [7, 11) is 0. The van der Waals surface area contributed by atoms with Gasteiger partial charge in [-0.1, -0.05) is 53.5 Å². The van der Waals surface area contributed by atoms with Crippen LogP contribution in [0.5, 0.6) is 0 Å². The zero-order valence-corrected chi connectivity index (χ0v) is 12.0. The molecule has 19 heavy (non-hydrogen) atoms. The predicted octanol–water partition coefficient (Wildman–Crippen LogP) is 4.53. The van der Waals surface area contributed by atoms with E-state index >= 15 is 0 Å². The molecule has 1 aliphatic carbocycles. The van der Waals surface area contributed by atoms with E-state index in [1.807, 2.05) is 12.1 Å². The standard InChI is InChI=1S/C16H15Cl2N/c17-12-8-14(13(10-19)15(18)9-12)16(6-7-16)11-4-2-1-3-5-11/h1-5,8-9H,6-7,10,19H2. The van der Waals surface area contributed by atoms with Gasteiger partial charge in [0.2, 0.25) is 0 Å². The molecule has 1 fully saturated rings. The molecule has 0 aliphatic heterocycles. The first-order valence-electron chi connectivity index (χ1n) is 6.41. The van der Waals surface area contributed by atoms with Crippen molar-refractivity contribution in [1.82, 2.24) is 0 Å². The van der Waals surface area contributed by atoms with Crippen molar-refractivity contribution >= 4 is 23.2 Å². The third-order valence-electron chi connectivity index (χ3n) is 3.96. The van der Waals surface area contributed by atoms with Crippen molar-refractivity contribution in [3.8, 4) is 0 Å². The molecular weight excluding hydrogens is 277 g/mol. The summed E-state index contributed by atoms with van der Waals surface area (Å²) in [4.78, 5) is 0. The highest BCUT2D eigenvalue weighted by Crippen LogP contribution is 2.55. The van der Waals surface area contributed by atoms with E-state index in [0.717, 1.165) is 18.4 Å². The van der Waals surface area contributed by atoms with Gasteiger partial charge in [0.1, 0.15) is 0 Å². The van der Waals surface area contributed by atoms with Gasteiger partial charge in [0.05, 0.1) is 0 Å². The summed E-state index contributed by atoms with van der Waals surface area (Å²) in [6.07, 6.45) is 2.25. The van der Waals surface area contributed by atoms with Crippen LogP contribution in [-0.4, -0.2) is 0 Å². The lowest BCUT2D eigenvalue weighted by Crippen LogP contribution is -2.14. The predicted molar refractivity (Wildman–Crippen MR) is 80.8 cm³/mol. The van der Waals surface area contributed by atoms with Crippen molar-refractivity contribution in [1.29, 1.82) is 0 Å². The van der Waals surface area contributed by atoms with Crippen LogP contribution in [0.1, 0.15) is 29.5 Å². The Morgan fingerprint density at radius 3 is 2.32 bits per heavy atom. The third kappa shape index (κ3) is 2.16. The van der Waals surface area contributed by atoms with Gasteiger partial charge >= 0.3 is 0 Å². The molecule has 2 aromatic rings. The van der Waals surface area contributed by atoms with Crippen LogP contribution in [0.2, 0.25) is 10.0 Å². The average Bonchev–Trinajstić information content (AvgIpc) is 3.20. The van der Waals surface area contributed by atoms with Crippen LogP contribution in [0.15, 0.2) is 42.5 Å². The van der Waals surface area contributed by atoms with E-state index in [1.54, 1.807) is 6.07 Å². The van der Waals surface area contributed by atoms with Crippen molar-refractivity contribution in [3.63, 3.8) is 0 Å². The second-order valence-corrected chi connectivity index (χ2v) is 5.91. The largest absolute Gasteiger partial charge is 0.326 e. The normalized spacial score (nSPS) is 16.4. The molecule has 98 valence electrons. The van der Waals surface area contributed by atoms with Gasteiger partial charge in [-0.2, -0.15) is 0 Å². The fourth-order valence-electron chi connectivity index (χ4n) is 2.83. The van der Waals surface area contributed by atoms with Crippen LogP contribution in [0.3, 0.4) is 0 Å². The molecule has 0 amide bonds. The van der Waals surface area contributed by atoms with Gasteiger partial charge in [0.25, 0.3) is 0 Å². The van der Waals surface area contributed by atoms with E-state index in [-0.39, 0.29) is 5.41 Å². The Labute approximate surface area is 123 Å². The second kappa shape index (κ2) is 4.82. The van der Waals surface area contributed by atoms with Gasteiger partial charge in [-0.3, -0.25) is 0 Å². The molecule has 0 spiro atoms. The molecule has 3 rings (SSSR count). The first kappa shape index (κ1) is 13.0. The summed E-state index contributed by atoms with van der Waals surface area (Å²) < 4.78 is 0. The Morgan fingerprint density at radius 2 is 1.74 bits per heavy atom. The average molecular weight is 292 g/mol. The molecule has 0 aromatic heterocycles. The van der Waals surface area contributed by atoms with Gasteiger partial charge in [-0.25, -0.2) is 0 Å². The second-order valence-electron chi connectivity index (χ2n) is 5.07. The molecular formula is C16H15Cl2N. The summed E-state index contributed by atoms with van der Waals surface area (Å²) in [5.41, 5.74) is 9.47. The molecule has 0 bridgehead atoms. The molecule has 1 aliphatic rings. The van der Waals surface area contributed by atoms with E-state index in [0.29, 0.717) is 16.6 Å². The van der Waals surface area contributed by atoms with E-state index in [4.69, 9.17) is 28.9 Å². The number of benzene rings is 2. The van der Waals surface area contributed by atoms with Crippen molar-refractivity contribution in [3.05, 3.63) is 69.2 Å². The highest BCUT2D eigenvalue weighted by Gasteiger charge is 2.47. The molecule has 0 atom stereocenters. The van der Waals surface area contributed by atoms with E-state index in [9.17, 15) is 0 Å². The third-order valence-corrected chi connectivity index (χ3v) is 4.51. The molecule has 3 heteroatoms. The fraction of sp³-hybridized carbons (Fsp3) is 0.250. The molecule has 0 heterocycles. The monoisotopic (exact) mass is 291 g/mol. The van der Waals surface area contributed by atoms with Gasteiger partial charge in [0, 0.05) is 22.0 Å². The Balaban J connectivity index is 2.17. The quantitative estimate of drug-likeness (QED) is 0.883. The molecule has 0 saturated heterocycles. The maximum Gasteiger partial charge on any atom is 0.0468 e. The zero-order chi connectivity index (χ0) is 13.5. The van der Waals surface area contributed by atoms with Gasteiger partial charge in [-0.05, 0) is 41.7 Å². The lowest BCUT2D eigenvalue weighted by atomic mass is 9.85. The molecule has 0 radical (unpaired) electrons. The first-order chi connectivity index (χ1) is 9.17. The molecule has 2 N–H and O–H groups in total. The van der Waals surface area contributed by atoms with E-state index in [1.165, 1.54) is 11.1 Å². The Morgan fingerprint density at radius 1 is 1.05 bits per heavy atom. The number of halogens is 2. The van der Waals surface area contributed by atoms with Crippen LogP contribution in [0.25, 0.3) is 0 Å². The maximum atomic E-state index is 6.29. The van der Waals surface area contributed by atoms with Gasteiger partial charge < -0.3 is 5.73 Å². The Bertz CT molecular complexity index is 604. The van der Waals surface area contributed by atoms with Crippen LogP contribution < -0.4 is 5.73 Å². The Hall–Kier alpha value is -1.02. The maximum absolute atomic E-state index is 6.29. The minimum absolute atomic E-state index is 0.0600. The summed E-state index contributed by atoms with van der Waals surface area (Å²) >= 11 is 12.5. The van der Waals surface area contributed by atoms with Crippen LogP contribution in [-0.2, 0) is 12.0 Å². The zero-order valence-electron chi connectivity index (χ0n) is 10.5. The van der Waals surface area contributed by atoms with Gasteiger partial charge in [0.15, 0.2) is 0 Å². The van der Waals surface area contributed by atoms with Crippen molar-refractivity contribution in [2.45, 2.75) is 24.8 Å². The van der Waals surface area contributed by atoms with Crippen molar-refractivity contribution in [2.75, 3.05) is 0 Å². The lowest BCUT2D eigenvalue weighted by molar-refractivity contribution is 0.821.